The second kappa shape index (κ2) is 5.21. The monoisotopic (exact) mass is 233 g/mol. The number of halogens is 3. The van der Waals surface area contributed by atoms with Crippen LogP contribution in [0.2, 0.25) is 0 Å². The number of anilines is 1. The summed E-state index contributed by atoms with van der Waals surface area (Å²) in [4.78, 5) is 0. The van der Waals surface area contributed by atoms with E-state index >= 15 is 0 Å². The van der Waals surface area contributed by atoms with Crippen molar-refractivity contribution in [1.82, 2.24) is 0 Å². The summed E-state index contributed by atoms with van der Waals surface area (Å²) in [6, 6.07) is 5.90. The molecule has 1 atom stereocenters. The molecule has 1 unspecified atom stereocenters. The Balaban J connectivity index is 2.94. The number of aliphatic hydroxyl groups is 1. The van der Waals surface area contributed by atoms with Crippen molar-refractivity contribution < 1.29 is 18.3 Å². The van der Waals surface area contributed by atoms with Gasteiger partial charge in [-0.25, -0.2) is 0 Å². The Morgan fingerprint density at radius 2 is 1.94 bits per heavy atom. The highest BCUT2D eigenvalue weighted by Crippen LogP contribution is 2.35. The normalized spacial score (nSPS) is 13.6. The van der Waals surface area contributed by atoms with E-state index in [1.54, 1.807) is 6.07 Å². The summed E-state index contributed by atoms with van der Waals surface area (Å²) in [5.74, 6) is 0. The number of para-hydroxylation sites is 1. The van der Waals surface area contributed by atoms with Crippen molar-refractivity contribution in [3.8, 4) is 0 Å². The van der Waals surface area contributed by atoms with E-state index in [-0.39, 0.29) is 5.56 Å². The lowest BCUT2D eigenvalue weighted by atomic mass is 10.1. The molecule has 0 saturated carbocycles. The van der Waals surface area contributed by atoms with Gasteiger partial charge in [-0.15, -0.1) is 0 Å². The van der Waals surface area contributed by atoms with Gasteiger partial charge < -0.3 is 10.4 Å². The zero-order valence-electron chi connectivity index (χ0n) is 8.88. The van der Waals surface area contributed by atoms with Gasteiger partial charge in [0.2, 0.25) is 0 Å². The maximum absolute atomic E-state index is 12.4. The van der Waals surface area contributed by atoms with Crippen LogP contribution in [0.25, 0.3) is 0 Å². The predicted molar refractivity (Wildman–Crippen MR) is 56.2 cm³/mol. The number of hydrogen-bond donors (Lipinski definition) is 2. The third-order valence-corrected chi connectivity index (χ3v) is 2.13. The van der Waals surface area contributed by atoms with E-state index in [1.807, 2.05) is 6.92 Å². The smallest absolute Gasteiger partial charge is 0.385 e. The lowest BCUT2D eigenvalue weighted by Gasteiger charge is -2.18. The highest BCUT2D eigenvalue weighted by Gasteiger charge is 2.40. The third-order valence-electron chi connectivity index (χ3n) is 2.13. The number of rotatable bonds is 4. The SMILES string of the molecule is CCCNc1ccccc1C(O)C(F)(F)F. The van der Waals surface area contributed by atoms with Crippen molar-refractivity contribution in [3.05, 3.63) is 29.8 Å². The fourth-order valence-electron chi connectivity index (χ4n) is 1.33. The molecule has 2 nitrogen and oxygen atoms in total. The van der Waals surface area contributed by atoms with Crippen LogP contribution in [0.3, 0.4) is 0 Å². The number of alkyl halides is 3. The van der Waals surface area contributed by atoms with Crippen LogP contribution in [0, 0.1) is 0 Å². The molecule has 0 bridgehead atoms. The van der Waals surface area contributed by atoms with Gasteiger partial charge in [0.15, 0.2) is 6.10 Å². The molecule has 1 aromatic carbocycles. The number of hydrogen-bond acceptors (Lipinski definition) is 2. The summed E-state index contributed by atoms with van der Waals surface area (Å²) in [5, 5.41) is 12.0. The van der Waals surface area contributed by atoms with Gasteiger partial charge in [-0.1, -0.05) is 25.1 Å². The molecule has 0 amide bonds. The van der Waals surface area contributed by atoms with Gasteiger partial charge in [0.05, 0.1) is 0 Å². The number of aliphatic hydroxyl groups excluding tert-OH is 1. The first-order chi connectivity index (χ1) is 7.46. The van der Waals surface area contributed by atoms with Gasteiger partial charge in [0, 0.05) is 17.8 Å². The largest absolute Gasteiger partial charge is 0.418 e. The molecule has 5 heteroatoms. The van der Waals surface area contributed by atoms with Gasteiger partial charge >= 0.3 is 6.18 Å². The van der Waals surface area contributed by atoms with E-state index < -0.39 is 12.3 Å². The second-order valence-electron chi connectivity index (χ2n) is 3.46. The summed E-state index contributed by atoms with van der Waals surface area (Å²) in [6.45, 7) is 2.48. The summed E-state index contributed by atoms with van der Waals surface area (Å²) < 4.78 is 37.1. The lowest BCUT2D eigenvalue weighted by molar-refractivity contribution is -0.206. The van der Waals surface area contributed by atoms with Crippen LogP contribution in [-0.4, -0.2) is 17.8 Å². The standard InChI is InChI=1S/C11H14F3NO/c1-2-7-15-9-6-4-3-5-8(9)10(16)11(12,13)14/h3-6,10,15-16H,2,7H2,1H3. The second-order valence-corrected chi connectivity index (χ2v) is 3.46. The summed E-state index contributed by atoms with van der Waals surface area (Å²) in [5.41, 5.74) is 0.192. The molecule has 1 aromatic rings. The Bertz CT molecular complexity index is 338. The van der Waals surface area contributed by atoms with Crippen LogP contribution < -0.4 is 5.32 Å². The molecule has 90 valence electrons. The lowest BCUT2D eigenvalue weighted by Crippen LogP contribution is -2.21. The van der Waals surface area contributed by atoms with Crippen molar-refractivity contribution in [2.75, 3.05) is 11.9 Å². The molecule has 0 spiro atoms. The maximum Gasteiger partial charge on any atom is 0.418 e. The third kappa shape index (κ3) is 3.13. The van der Waals surface area contributed by atoms with Crippen LogP contribution >= 0.6 is 0 Å². The molecular formula is C11H14F3NO. The van der Waals surface area contributed by atoms with Crippen molar-refractivity contribution in [1.29, 1.82) is 0 Å². The molecule has 16 heavy (non-hydrogen) atoms. The van der Waals surface area contributed by atoms with Crippen LogP contribution in [0.15, 0.2) is 24.3 Å². The van der Waals surface area contributed by atoms with E-state index in [2.05, 4.69) is 5.32 Å². The number of nitrogens with one attached hydrogen (secondary N) is 1. The molecule has 0 aliphatic rings. The first-order valence-electron chi connectivity index (χ1n) is 5.04. The first kappa shape index (κ1) is 12.8. The highest BCUT2D eigenvalue weighted by molar-refractivity contribution is 5.52. The molecule has 0 aromatic heterocycles. The molecule has 0 radical (unpaired) electrons. The van der Waals surface area contributed by atoms with Crippen LogP contribution in [-0.2, 0) is 0 Å². The fourth-order valence-corrected chi connectivity index (χ4v) is 1.33. The molecule has 0 heterocycles. The van der Waals surface area contributed by atoms with Gasteiger partial charge in [-0.05, 0) is 12.5 Å². The van der Waals surface area contributed by atoms with Crippen molar-refractivity contribution in [2.24, 2.45) is 0 Å². The topological polar surface area (TPSA) is 32.3 Å². The van der Waals surface area contributed by atoms with Crippen LogP contribution in [0.4, 0.5) is 18.9 Å². The van der Waals surface area contributed by atoms with Gasteiger partial charge in [-0.3, -0.25) is 0 Å². The van der Waals surface area contributed by atoms with E-state index in [0.29, 0.717) is 12.2 Å². The Morgan fingerprint density at radius 1 is 1.31 bits per heavy atom. The van der Waals surface area contributed by atoms with Crippen molar-refractivity contribution >= 4 is 5.69 Å². The molecule has 0 fully saturated rings. The van der Waals surface area contributed by atoms with Gasteiger partial charge in [-0.2, -0.15) is 13.2 Å². The summed E-state index contributed by atoms with van der Waals surface area (Å²) >= 11 is 0. The summed E-state index contributed by atoms with van der Waals surface area (Å²) in [7, 11) is 0. The van der Waals surface area contributed by atoms with Gasteiger partial charge in [0.1, 0.15) is 0 Å². The van der Waals surface area contributed by atoms with E-state index in [0.717, 1.165) is 6.42 Å². The molecule has 2 N–H and O–H groups in total. The summed E-state index contributed by atoms with van der Waals surface area (Å²) in [6.07, 6.45) is -6.27. The van der Waals surface area contributed by atoms with Gasteiger partial charge in [0.25, 0.3) is 0 Å². The molecular weight excluding hydrogens is 219 g/mol. The van der Waals surface area contributed by atoms with E-state index in [1.165, 1.54) is 18.2 Å². The zero-order valence-corrected chi connectivity index (χ0v) is 8.88. The average molecular weight is 233 g/mol. The Labute approximate surface area is 92.1 Å². The minimum atomic E-state index is -4.63. The molecule has 0 aliphatic carbocycles. The quantitative estimate of drug-likeness (QED) is 0.837. The van der Waals surface area contributed by atoms with Crippen molar-refractivity contribution in [3.63, 3.8) is 0 Å². The molecule has 0 aliphatic heterocycles. The minimum Gasteiger partial charge on any atom is -0.385 e. The number of benzene rings is 1. The minimum absolute atomic E-state index is 0.136. The Kier molecular flexibility index (Phi) is 4.18. The van der Waals surface area contributed by atoms with E-state index in [9.17, 15) is 18.3 Å². The van der Waals surface area contributed by atoms with Crippen molar-refractivity contribution in [2.45, 2.75) is 25.6 Å². The van der Waals surface area contributed by atoms with Crippen LogP contribution in [0.1, 0.15) is 25.0 Å². The maximum atomic E-state index is 12.4. The fraction of sp³-hybridized carbons (Fsp3) is 0.455. The highest BCUT2D eigenvalue weighted by atomic mass is 19.4. The molecule has 0 saturated heterocycles. The average Bonchev–Trinajstić information content (AvgIpc) is 2.24. The van der Waals surface area contributed by atoms with E-state index in [4.69, 9.17) is 0 Å². The molecule has 1 rings (SSSR count). The Morgan fingerprint density at radius 3 is 2.50 bits per heavy atom. The first-order valence-corrected chi connectivity index (χ1v) is 5.04. The van der Waals surface area contributed by atoms with Crippen LogP contribution in [0.5, 0.6) is 0 Å². The predicted octanol–water partition coefficient (Wildman–Crippen LogP) is 3.10. The Hall–Kier alpha value is -1.23. The zero-order chi connectivity index (χ0) is 12.2.